The summed E-state index contributed by atoms with van der Waals surface area (Å²) >= 11 is 4.85. The lowest BCUT2D eigenvalue weighted by Gasteiger charge is -2.08. The Labute approximate surface area is 114 Å². The van der Waals surface area contributed by atoms with Gasteiger partial charge in [-0.2, -0.15) is 11.8 Å². The Kier molecular flexibility index (Phi) is 5.78. The summed E-state index contributed by atoms with van der Waals surface area (Å²) in [6.07, 6.45) is 1.93. The van der Waals surface area contributed by atoms with Crippen molar-refractivity contribution < 1.29 is 13.2 Å². The van der Waals surface area contributed by atoms with Gasteiger partial charge < -0.3 is 4.74 Å². The maximum Gasteiger partial charge on any atom is 0.240 e. The molecular formula is C10H14BrNO3S2. The molecule has 4 nitrogen and oxygen atoms in total. The standard InChI is InChI=1S/C10H14BrNO3S2/c1-15-10-4-3-8(7-9(10)11)17(13,14)12-5-6-16-2/h3-4,7,12H,5-6H2,1-2H3. The zero-order valence-electron chi connectivity index (χ0n) is 9.57. The van der Waals surface area contributed by atoms with Crippen LogP contribution in [0.4, 0.5) is 0 Å². The molecule has 7 heteroatoms. The molecular weight excluding hydrogens is 326 g/mol. The van der Waals surface area contributed by atoms with E-state index < -0.39 is 10.0 Å². The van der Waals surface area contributed by atoms with Crippen molar-refractivity contribution in [3.63, 3.8) is 0 Å². The molecule has 0 aliphatic heterocycles. The summed E-state index contributed by atoms with van der Waals surface area (Å²) in [5.41, 5.74) is 0. The predicted octanol–water partition coefficient (Wildman–Crippen LogP) is 2.10. The first kappa shape index (κ1) is 14.8. The lowest BCUT2D eigenvalue weighted by atomic mass is 10.3. The molecule has 0 aromatic heterocycles. The second-order valence-electron chi connectivity index (χ2n) is 3.19. The Hall–Kier alpha value is -0.240. The molecule has 0 aliphatic rings. The molecule has 0 spiro atoms. The fourth-order valence-electron chi connectivity index (χ4n) is 1.18. The van der Waals surface area contributed by atoms with Gasteiger partial charge in [-0.15, -0.1) is 0 Å². The Morgan fingerprint density at radius 3 is 2.71 bits per heavy atom. The van der Waals surface area contributed by atoms with Crippen LogP contribution in [0.15, 0.2) is 27.6 Å². The minimum absolute atomic E-state index is 0.228. The highest BCUT2D eigenvalue weighted by Crippen LogP contribution is 2.27. The van der Waals surface area contributed by atoms with Gasteiger partial charge in [-0.1, -0.05) is 0 Å². The Morgan fingerprint density at radius 1 is 1.47 bits per heavy atom. The molecule has 1 aromatic rings. The molecule has 1 aromatic carbocycles. The summed E-state index contributed by atoms with van der Waals surface area (Å²) < 4.78 is 31.9. The number of ether oxygens (including phenoxy) is 1. The molecule has 0 radical (unpaired) electrons. The van der Waals surface area contributed by atoms with Crippen LogP contribution in [0.25, 0.3) is 0 Å². The van der Waals surface area contributed by atoms with E-state index in [1.807, 2.05) is 6.26 Å². The van der Waals surface area contributed by atoms with Gasteiger partial charge in [0.15, 0.2) is 0 Å². The molecule has 0 atom stereocenters. The number of hydrogen-bond acceptors (Lipinski definition) is 4. The predicted molar refractivity (Wildman–Crippen MR) is 74.3 cm³/mol. The maximum absolute atomic E-state index is 11.9. The van der Waals surface area contributed by atoms with Crippen LogP contribution in [0.2, 0.25) is 0 Å². The summed E-state index contributed by atoms with van der Waals surface area (Å²) in [7, 11) is -1.90. The number of hydrogen-bond donors (Lipinski definition) is 1. The summed E-state index contributed by atoms with van der Waals surface area (Å²) in [6.45, 7) is 0.424. The molecule has 1 N–H and O–H groups in total. The summed E-state index contributed by atoms with van der Waals surface area (Å²) in [5, 5.41) is 0. The SMILES string of the molecule is COc1ccc(S(=O)(=O)NCCSC)cc1Br. The molecule has 0 unspecified atom stereocenters. The summed E-state index contributed by atoms with van der Waals surface area (Å²) in [6, 6.07) is 4.67. The van der Waals surface area contributed by atoms with Gasteiger partial charge in [0.2, 0.25) is 10.0 Å². The van der Waals surface area contributed by atoms with E-state index in [4.69, 9.17) is 4.74 Å². The molecule has 0 saturated carbocycles. The van der Waals surface area contributed by atoms with Crippen molar-refractivity contribution >= 4 is 37.7 Å². The fourth-order valence-corrected chi connectivity index (χ4v) is 3.36. The molecule has 0 aliphatic carbocycles. The van der Waals surface area contributed by atoms with Crippen LogP contribution in [0.3, 0.4) is 0 Å². The van der Waals surface area contributed by atoms with Crippen LogP contribution < -0.4 is 9.46 Å². The van der Waals surface area contributed by atoms with Crippen molar-refractivity contribution in [1.29, 1.82) is 0 Å². The van der Waals surface area contributed by atoms with E-state index in [0.29, 0.717) is 16.8 Å². The number of benzene rings is 1. The van der Waals surface area contributed by atoms with Gasteiger partial charge in [0.25, 0.3) is 0 Å². The van der Waals surface area contributed by atoms with Crippen LogP contribution in [0.1, 0.15) is 0 Å². The maximum atomic E-state index is 11.9. The van der Waals surface area contributed by atoms with E-state index in [1.54, 1.807) is 17.8 Å². The zero-order chi connectivity index (χ0) is 12.9. The summed E-state index contributed by atoms with van der Waals surface area (Å²) in [4.78, 5) is 0.228. The summed E-state index contributed by atoms with van der Waals surface area (Å²) in [5.74, 6) is 1.35. The van der Waals surface area contributed by atoms with E-state index in [2.05, 4.69) is 20.7 Å². The number of sulfonamides is 1. The average molecular weight is 340 g/mol. The highest BCUT2D eigenvalue weighted by Gasteiger charge is 2.14. The van der Waals surface area contributed by atoms with Gasteiger partial charge in [0, 0.05) is 12.3 Å². The average Bonchev–Trinajstić information content (AvgIpc) is 2.29. The van der Waals surface area contributed by atoms with E-state index in [1.165, 1.54) is 19.2 Å². The van der Waals surface area contributed by atoms with E-state index in [9.17, 15) is 8.42 Å². The van der Waals surface area contributed by atoms with Crippen LogP contribution >= 0.6 is 27.7 Å². The molecule has 17 heavy (non-hydrogen) atoms. The smallest absolute Gasteiger partial charge is 0.240 e. The number of methoxy groups -OCH3 is 1. The Balaban J connectivity index is 2.88. The largest absolute Gasteiger partial charge is 0.496 e. The third kappa shape index (κ3) is 4.17. The van der Waals surface area contributed by atoms with Crippen molar-refractivity contribution in [1.82, 2.24) is 4.72 Å². The highest BCUT2D eigenvalue weighted by molar-refractivity contribution is 9.10. The van der Waals surface area contributed by atoms with E-state index in [0.717, 1.165) is 5.75 Å². The van der Waals surface area contributed by atoms with Crippen LogP contribution in [0.5, 0.6) is 5.75 Å². The fraction of sp³-hybridized carbons (Fsp3) is 0.400. The number of nitrogens with one attached hydrogen (secondary N) is 1. The van der Waals surface area contributed by atoms with Gasteiger partial charge in [-0.3, -0.25) is 0 Å². The zero-order valence-corrected chi connectivity index (χ0v) is 12.8. The minimum Gasteiger partial charge on any atom is -0.496 e. The van der Waals surface area contributed by atoms with Crippen molar-refractivity contribution in [3.05, 3.63) is 22.7 Å². The quantitative estimate of drug-likeness (QED) is 0.806. The van der Waals surface area contributed by atoms with Crippen molar-refractivity contribution in [3.8, 4) is 5.75 Å². The lowest BCUT2D eigenvalue weighted by molar-refractivity contribution is 0.411. The second-order valence-corrected chi connectivity index (χ2v) is 6.79. The molecule has 0 fully saturated rings. The van der Waals surface area contributed by atoms with E-state index in [-0.39, 0.29) is 4.90 Å². The third-order valence-electron chi connectivity index (χ3n) is 2.03. The first-order valence-corrected chi connectivity index (χ1v) is 8.50. The van der Waals surface area contributed by atoms with Gasteiger partial charge in [-0.25, -0.2) is 13.1 Å². The topological polar surface area (TPSA) is 55.4 Å². The molecule has 0 saturated heterocycles. The van der Waals surface area contributed by atoms with Crippen molar-refractivity contribution in [2.75, 3.05) is 25.7 Å². The molecule has 0 bridgehead atoms. The Morgan fingerprint density at radius 2 is 2.18 bits per heavy atom. The number of thioether (sulfide) groups is 1. The van der Waals surface area contributed by atoms with E-state index >= 15 is 0 Å². The van der Waals surface area contributed by atoms with Gasteiger partial charge in [0.1, 0.15) is 5.75 Å². The normalized spacial score (nSPS) is 11.5. The van der Waals surface area contributed by atoms with Gasteiger partial charge in [0.05, 0.1) is 16.5 Å². The van der Waals surface area contributed by atoms with Crippen LogP contribution in [0, 0.1) is 0 Å². The monoisotopic (exact) mass is 339 g/mol. The lowest BCUT2D eigenvalue weighted by Crippen LogP contribution is -2.26. The molecule has 96 valence electrons. The van der Waals surface area contributed by atoms with Crippen LogP contribution in [-0.2, 0) is 10.0 Å². The number of halogens is 1. The second kappa shape index (κ2) is 6.63. The highest BCUT2D eigenvalue weighted by atomic mass is 79.9. The Bertz CT molecular complexity index is 476. The van der Waals surface area contributed by atoms with Gasteiger partial charge >= 0.3 is 0 Å². The molecule has 0 amide bonds. The van der Waals surface area contributed by atoms with Crippen LogP contribution in [-0.4, -0.2) is 34.1 Å². The van der Waals surface area contributed by atoms with Gasteiger partial charge in [-0.05, 0) is 40.4 Å². The molecule has 1 rings (SSSR count). The third-order valence-corrected chi connectivity index (χ3v) is 4.72. The number of rotatable bonds is 6. The minimum atomic E-state index is -3.43. The van der Waals surface area contributed by atoms with Crippen molar-refractivity contribution in [2.45, 2.75) is 4.90 Å². The molecule has 0 heterocycles. The first-order chi connectivity index (χ1) is 8.01. The van der Waals surface area contributed by atoms with Crippen molar-refractivity contribution in [2.24, 2.45) is 0 Å². The first-order valence-electron chi connectivity index (χ1n) is 4.83.